The Labute approximate surface area is 132 Å². The second kappa shape index (κ2) is 6.12. The van der Waals surface area contributed by atoms with Crippen LogP contribution in [0.4, 0.5) is 13.2 Å². The molecule has 0 unspecified atom stereocenters. The Kier molecular flexibility index (Phi) is 4.17. The number of likely N-dealkylation sites (N-methyl/N-ethyl adjacent to an activating group) is 1. The van der Waals surface area contributed by atoms with E-state index in [-0.39, 0.29) is 5.75 Å². The van der Waals surface area contributed by atoms with Crippen molar-refractivity contribution in [3.8, 4) is 17.2 Å². The maximum atomic E-state index is 12.1. The van der Waals surface area contributed by atoms with E-state index in [9.17, 15) is 13.2 Å². The maximum Gasteiger partial charge on any atom is 0.573 e. The number of hydrogen-bond donors (Lipinski definition) is 0. The lowest BCUT2D eigenvalue weighted by Crippen LogP contribution is -2.26. The van der Waals surface area contributed by atoms with Gasteiger partial charge in [-0.05, 0) is 61.0 Å². The first-order valence-electron chi connectivity index (χ1n) is 7.23. The number of hydrogen-bond acceptors (Lipinski definition) is 3. The molecule has 1 heterocycles. The van der Waals surface area contributed by atoms with Crippen LogP contribution in [-0.4, -0.2) is 24.9 Å². The molecule has 0 aliphatic carbocycles. The van der Waals surface area contributed by atoms with Crippen molar-refractivity contribution in [3.05, 3.63) is 53.6 Å². The number of rotatable bonds is 3. The van der Waals surface area contributed by atoms with E-state index in [4.69, 9.17) is 4.74 Å². The summed E-state index contributed by atoms with van der Waals surface area (Å²) in [6, 6.07) is 11.3. The predicted octanol–water partition coefficient (Wildman–Crippen LogP) is 4.37. The molecule has 1 aliphatic rings. The molecule has 2 aromatic rings. The summed E-state index contributed by atoms with van der Waals surface area (Å²) in [5, 5.41) is 0. The van der Waals surface area contributed by atoms with Gasteiger partial charge in [-0.15, -0.1) is 13.2 Å². The third kappa shape index (κ3) is 4.16. The summed E-state index contributed by atoms with van der Waals surface area (Å²) >= 11 is 0. The first kappa shape index (κ1) is 15.7. The summed E-state index contributed by atoms with van der Waals surface area (Å²) in [7, 11) is 2.08. The van der Waals surface area contributed by atoms with Gasteiger partial charge in [0, 0.05) is 13.1 Å². The normalized spacial score (nSPS) is 15.1. The summed E-state index contributed by atoms with van der Waals surface area (Å²) in [4.78, 5) is 2.25. The summed E-state index contributed by atoms with van der Waals surface area (Å²) in [6.07, 6.45) is -3.73. The third-order valence-corrected chi connectivity index (χ3v) is 3.67. The average molecular weight is 323 g/mol. The van der Waals surface area contributed by atoms with Crippen LogP contribution in [0.5, 0.6) is 17.2 Å². The maximum absolute atomic E-state index is 12.1. The molecule has 1 aliphatic heterocycles. The number of fused-ring (bicyclic) bond motifs is 1. The van der Waals surface area contributed by atoms with E-state index < -0.39 is 6.36 Å². The standard InChI is InChI=1S/C17H16F3NO2/c1-21-9-8-12-10-16(3-2-13(12)11-21)22-14-4-6-15(7-5-14)23-17(18,19)20/h2-7,10H,8-9,11H2,1H3. The molecule has 0 spiro atoms. The van der Waals surface area contributed by atoms with E-state index in [0.29, 0.717) is 11.5 Å². The molecule has 0 bridgehead atoms. The minimum Gasteiger partial charge on any atom is -0.457 e. The first-order valence-corrected chi connectivity index (χ1v) is 7.23. The monoisotopic (exact) mass is 323 g/mol. The van der Waals surface area contributed by atoms with Gasteiger partial charge in [-0.2, -0.15) is 0 Å². The zero-order valence-electron chi connectivity index (χ0n) is 12.6. The highest BCUT2D eigenvalue weighted by molar-refractivity contribution is 5.40. The highest BCUT2D eigenvalue weighted by Crippen LogP contribution is 2.29. The van der Waals surface area contributed by atoms with Gasteiger partial charge in [-0.1, -0.05) is 6.07 Å². The number of alkyl halides is 3. The van der Waals surface area contributed by atoms with E-state index in [1.54, 1.807) is 0 Å². The molecule has 122 valence electrons. The van der Waals surface area contributed by atoms with Crippen molar-refractivity contribution >= 4 is 0 Å². The molecular formula is C17H16F3NO2. The van der Waals surface area contributed by atoms with Crippen molar-refractivity contribution in [2.75, 3.05) is 13.6 Å². The van der Waals surface area contributed by atoms with E-state index >= 15 is 0 Å². The molecule has 0 saturated heterocycles. The van der Waals surface area contributed by atoms with E-state index in [1.807, 2.05) is 18.2 Å². The van der Waals surface area contributed by atoms with Gasteiger partial charge in [0.2, 0.25) is 0 Å². The van der Waals surface area contributed by atoms with Crippen LogP contribution in [-0.2, 0) is 13.0 Å². The highest BCUT2D eigenvalue weighted by atomic mass is 19.4. The number of benzene rings is 2. The Morgan fingerprint density at radius 2 is 1.57 bits per heavy atom. The third-order valence-electron chi connectivity index (χ3n) is 3.67. The molecular weight excluding hydrogens is 307 g/mol. The van der Waals surface area contributed by atoms with Crippen LogP contribution in [0.2, 0.25) is 0 Å². The second-order valence-electron chi connectivity index (χ2n) is 5.54. The minimum atomic E-state index is -4.69. The van der Waals surface area contributed by atoms with E-state index in [1.165, 1.54) is 35.4 Å². The fourth-order valence-electron chi connectivity index (χ4n) is 2.58. The summed E-state index contributed by atoms with van der Waals surface area (Å²) < 4.78 is 45.9. The molecule has 0 fully saturated rings. The van der Waals surface area contributed by atoms with Gasteiger partial charge < -0.3 is 14.4 Å². The summed E-state index contributed by atoms with van der Waals surface area (Å²) in [5.74, 6) is 0.878. The molecule has 0 radical (unpaired) electrons. The van der Waals surface area contributed by atoms with Crippen LogP contribution in [0.25, 0.3) is 0 Å². The smallest absolute Gasteiger partial charge is 0.457 e. The van der Waals surface area contributed by atoms with Gasteiger partial charge in [0.25, 0.3) is 0 Å². The SMILES string of the molecule is CN1CCc2cc(Oc3ccc(OC(F)(F)F)cc3)ccc2C1. The van der Waals surface area contributed by atoms with Crippen LogP contribution in [0.15, 0.2) is 42.5 Å². The fourth-order valence-corrected chi connectivity index (χ4v) is 2.58. The molecule has 2 aromatic carbocycles. The van der Waals surface area contributed by atoms with Gasteiger partial charge in [-0.3, -0.25) is 0 Å². The molecule has 3 rings (SSSR count). The van der Waals surface area contributed by atoms with Crippen molar-refractivity contribution in [2.24, 2.45) is 0 Å². The van der Waals surface area contributed by atoms with Crippen molar-refractivity contribution in [1.29, 1.82) is 0 Å². The fraction of sp³-hybridized carbons (Fsp3) is 0.294. The second-order valence-corrected chi connectivity index (χ2v) is 5.54. The molecule has 0 amide bonds. The molecule has 0 N–H and O–H groups in total. The van der Waals surface area contributed by atoms with Crippen LogP contribution >= 0.6 is 0 Å². The van der Waals surface area contributed by atoms with E-state index in [0.717, 1.165) is 19.5 Å². The minimum absolute atomic E-state index is 0.265. The quantitative estimate of drug-likeness (QED) is 0.837. The van der Waals surface area contributed by atoms with Gasteiger partial charge in [0.15, 0.2) is 0 Å². The highest BCUT2D eigenvalue weighted by Gasteiger charge is 2.31. The van der Waals surface area contributed by atoms with Gasteiger partial charge in [0.05, 0.1) is 0 Å². The van der Waals surface area contributed by atoms with Crippen LogP contribution in [0.3, 0.4) is 0 Å². The van der Waals surface area contributed by atoms with E-state index in [2.05, 4.69) is 16.7 Å². The van der Waals surface area contributed by atoms with Gasteiger partial charge in [0.1, 0.15) is 17.2 Å². The molecule has 0 saturated carbocycles. The Morgan fingerprint density at radius 3 is 2.26 bits per heavy atom. The van der Waals surface area contributed by atoms with Crippen molar-refractivity contribution < 1.29 is 22.6 Å². The Morgan fingerprint density at radius 1 is 0.913 bits per heavy atom. The first-order chi connectivity index (χ1) is 10.9. The van der Waals surface area contributed by atoms with Crippen LogP contribution < -0.4 is 9.47 Å². The van der Waals surface area contributed by atoms with Crippen molar-refractivity contribution in [3.63, 3.8) is 0 Å². The molecule has 0 aromatic heterocycles. The summed E-state index contributed by atoms with van der Waals surface area (Å²) in [6.45, 7) is 1.92. The number of halogens is 3. The van der Waals surface area contributed by atoms with Gasteiger partial charge in [-0.25, -0.2) is 0 Å². The molecule has 0 atom stereocenters. The number of ether oxygens (including phenoxy) is 2. The lowest BCUT2D eigenvalue weighted by atomic mass is 10.00. The van der Waals surface area contributed by atoms with Crippen molar-refractivity contribution in [1.82, 2.24) is 4.90 Å². The van der Waals surface area contributed by atoms with Crippen LogP contribution in [0.1, 0.15) is 11.1 Å². The molecule has 3 nitrogen and oxygen atoms in total. The topological polar surface area (TPSA) is 21.7 Å². The van der Waals surface area contributed by atoms with Crippen LogP contribution in [0, 0.1) is 0 Å². The molecule has 23 heavy (non-hydrogen) atoms. The zero-order valence-corrected chi connectivity index (χ0v) is 12.6. The average Bonchev–Trinajstić information content (AvgIpc) is 2.48. The lowest BCUT2D eigenvalue weighted by molar-refractivity contribution is -0.274. The van der Waals surface area contributed by atoms with Gasteiger partial charge >= 0.3 is 6.36 Å². The Balaban J connectivity index is 1.70. The summed E-state index contributed by atoms with van der Waals surface area (Å²) in [5.41, 5.74) is 2.53. The molecule has 6 heteroatoms. The van der Waals surface area contributed by atoms with Crippen molar-refractivity contribution in [2.45, 2.75) is 19.3 Å². The predicted molar refractivity (Wildman–Crippen MR) is 79.7 cm³/mol. The Bertz CT molecular complexity index is 683. The largest absolute Gasteiger partial charge is 0.573 e. The number of nitrogens with zero attached hydrogens (tertiary/aromatic N) is 1. The zero-order chi connectivity index (χ0) is 16.4. The Hall–Kier alpha value is -2.21. The lowest BCUT2D eigenvalue weighted by Gasteiger charge is -2.25.